The molecule has 9 heteroatoms. The van der Waals surface area contributed by atoms with Crippen molar-refractivity contribution < 1.29 is 14.3 Å². The molecule has 1 saturated heterocycles. The molecule has 198 valence electrons. The van der Waals surface area contributed by atoms with E-state index < -0.39 is 0 Å². The molecule has 0 unspecified atom stereocenters. The fourth-order valence-corrected chi connectivity index (χ4v) is 4.84. The minimum atomic E-state index is -0.0361. The summed E-state index contributed by atoms with van der Waals surface area (Å²) < 4.78 is 13.7. The van der Waals surface area contributed by atoms with Crippen LogP contribution in [-0.2, 0) is 11.8 Å². The zero-order valence-corrected chi connectivity index (χ0v) is 22.3. The van der Waals surface area contributed by atoms with Crippen LogP contribution in [0.5, 0.6) is 17.4 Å². The maximum Gasteiger partial charge on any atom is 0.245 e. The number of carbonyl (C=O) groups is 1. The van der Waals surface area contributed by atoms with E-state index in [1.54, 1.807) is 13.2 Å². The number of likely N-dealkylation sites (tertiary alicyclic amines) is 1. The summed E-state index contributed by atoms with van der Waals surface area (Å²) in [6.45, 7) is 6.83. The van der Waals surface area contributed by atoms with Gasteiger partial charge in [-0.1, -0.05) is 24.6 Å². The molecule has 1 amide bonds. The van der Waals surface area contributed by atoms with Crippen LogP contribution in [0.15, 0.2) is 55.4 Å². The number of aromatic nitrogens is 4. The van der Waals surface area contributed by atoms with Crippen molar-refractivity contribution in [3.8, 4) is 40.3 Å². The Morgan fingerprint density at radius 2 is 1.97 bits per heavy atom. The first-order valence-corrected chi connectivity index (χ1v) is 12.7. The maximum absolute atomic E-state index is 11.9. The van der Waals surface area contributed by atoms with Crippen LogP contribution >= 0.6 is 0 Å². The standard InChI is InChI=1S/C30H30N6O3/c1-5-26(37)36-15-13-20(14-16-36)9-11-22-27(28-29(31)32-18-33-30(28)35(22)3)21-10-12-23(24(17-21)38-4)39-25-8-6-7-19(2)34-25/h5-8,10,12,17-18,20H,1,13-16H2,2-4H3,(H2,31,32,33). The maximum atomic E-state index is 11.9. The van der Waals surface area contributed by atoms with E-state index in [1.807, 2.05) is 53.8 Å². The van der Waals surface area contributed by atoms with Gasteiger partial charge >= 0.3 is 0 Å². The van der Waals surface area contributed by atoms with Gasteiger partial charge in [-0.15, -0.1) is 0 Å². The number of pyridine rings is 1. The van der Waals surface area contributed by atoms with Crippen molar-refractivity contribution in [3.63, 3.8) is 0 Å². The van der Waals surface area contributed by atoms with Gasteiger partial charge in [-0.2, -0.15) is 0 Å². The Hall–Kier alpha value is -4.84. The van der Waals surface area contributed by atoms with E-state index >= 15 is 0 Å². The molecular weight excluding hydrogens is 492 g/mol. The number of hydrogen-bond donors (Lipinski definition) is 1. The largest absolute Gasteiger partial charge is 0.493 e. The third-order valence-electron chi connectivity index (χ3n) is 6.90. The Balaban J connectivity index is 1.54. The van der Waals surface area contributed by atoms with E-state index in [2.05, 4.69) is 33.4 Å². The molecule has 5 rings (SSSR count). The van der Waals surface area contributed by atoms with Gasteiger partial charge in [0.1, 0.15) is 23.5 Å². The summed E-state index contributed by atoms with van der Waals surface area (Å²) in [7, 11) is 3.52. The predicted molar refractivity (Wildman–Crippen MR) is 150 cm³/mol. The number of piperidine rings is 1. The minimum Gasteiger partial charge on any atom is -0.493 e. The number of benzene rings is 1. The van der Waals surface area contributed by atoms with Crippen LogP contribution in [0.2, 0.25) is 0 Å². The van der Waals surface area contributed by atoms with E-state index in [0.717, 1.165) is 40.7 Å². The quantitative estimate of drug-likeness (QED) is 0.304. The Kier molecular flexibility index (Phi) is 7.19. The number of hydrogen-bond acceptors (Lipinski definition) is 7. The average molecular weight is 523 g/mol. The van der Waals surface area contributed by atoms with Gasteiger partial charge < -0.3 is 24.7 Å². The van der Waals surface area contributed by atoms with Crippen LogP contribution in [-0.4, -0.2) is 50.5 Å². The lowest BCUT2D eigenvalue weighted by molar-refractivity contribution is -0.127. The second kappa shape index (κ2) is 10.9. The molecule has 2 N–H and O–H groups in total. The Labute approximate surface area is 227 Å². The number of aryl methyl sites for hydroxylation is 2. The van der Waals surface area contributed by atoms with Crippen molar-refractivity contribution in [1.82, 2.24) is 24.4 Å². The summed E-state index contributed by atoms with van der Waals surface area (Å²) in [5, 5.41) is 0.728. The smallest absolute Gasteiger partial charge is 0.245 e. The molecule has 4 heterocycles. The summed E-state index contributed by atoms with van der Waals surface area (Å²) in [6.07, 6.45) is 4.43. The third-order valence-corrected chi connectivity index (χ3v) is 6.90. The van der Waals surface area contributed by atoms with Crippen LogP contribution < -0.4 is 15.2 Å². The van der Waals surface area contributed by atoms with E-state index in [9.17, 15) is 4.79 Å². The van der Waals surface area contributed by atoms with Crippen molar-refractivity contribution in [2.24, 2.45) is 13.0 Å². The Bertz CT molecular complexity index is 1620. The molecule has 0 atom stereocenters. The lowest BCUT2D eigenvalue weighted by Crippen LogP contribution is -2.37. The Morgan fingerprint density at radius 3 is 2.69 bits per heavy atom. The molecule has 1 aliphatic heterocycles. The second-order valence-electron chi connectivity index (χ2n) is 9.40. The lowest BCUT2D eigenvalue weighted by atomic mass is 9.96. The molecule has 9 nitrogen and oxygen atoms in total. The Morgan fingerprint density at radius 1 is 1.18 bits per heavy atom. The van der Waals surface area contributed by atoms with Gasteiger partial charge in [0.2, 0.25) is 11.8 Å². The summed E-state index contributed by atoms with van der Waals surface area (Å²) >= 11 is 0. The topological polar surface area (TPSA) is 108 Å². The lowest BCUT2D eigenvalue weighted by Gasteiger charge is -2.28. The molecule has 0 spiro atoms. The predicted octanol–water partition coefficient (Wildman–Crippen LogP) is 4.50. The van der Waals surface area contributed by atoms with E-state index in [-0.39, 0.29) is 11.8 Å². The number of fused-ring (bicyclic) bond motifs is 1. The average Bonchev–Trinajstić information content (AvgIpc) is 3.24. The summed E-state index contributed by atoms with van der Waals surface area (Å²) in [4.78, 5) is 26.9. The number of nitrogens with two attached hydrogens (primary N) is 1. The SMILES string of the molecule is C=CC(=O)N1CCC(C#Cc2c(-c3ccc(Oc4cccc(C)n4)c(OC)c3)c3c(N)ncnc3n2C)CC1. The molecule has 1 aromatic carbocycles. The number of amides is 1. The molecule has 4 aromatic rings. The monoisotopic (exact) mass is 522 g/mol. The van der Waals surface area contributed by atoms with Gasteiger partial charge in [0.05, 0.1) is 12.5 Å². The number of methoxy groups -OCH3 is 1. The fourth-order valence-electron chi connectivity index (χ4n) is 4.84. The van der Waals surface area contributed by atoms with E-state index in [4.69, 9.17) is 15.2 Å². The second-order valence-corrected chi connectivity index (χ2v) is 9.40. The fraction of sp³-hybridized carbons (Fsp3) is 0.267. The number of anilines is 1. The van der Waals surface area contributed by atoms with Crippen molar-refractivity contribution >= 4 is 22.8 Å². The molecule has 1 fully saturated rings. The minimum absolute atomic E-state index is 0.0361. The summed E-state index contributed by atoms with van der Waals surface area (Å²) in [5.41, 5.74) is 10.4. The first-order valence-electron chi connectivity index (χ1n) is 12.7. The van der Waals surface area contributed by atoms with Gasteiger partial charge in [0.15, 0.2) is 11.5 Å². The molecule has 0 aliphatic carbocycles. The van der Waals surface area contributed by atoms with Crippen molar-refractivity contribution in [2.45, 2.75) is 19.8 Å². The highest BCUT2D eigenvalue weighted by Crippen LogP contribution is 2.40. The van der Waals surface area contributed by atoms with Gasteiger partial charge in [0, 0.05) is 43.4 Å². The molecule has 1 aliphatic rings. The number of carbonyl (C=O) groups excluding carboxylic acids is 1. The normalized spacial score (nSPS) is 13.6. The van der Waals surface area contributed by atoms with Crippen LogP contribution in [0.3, 0.4) is 0 Å². The van der Waals surface area contributed by atoms with Gasteiger partial charge in [-0.25, -0.2) is 15.0 Å². The van der Waals surface area contributed by atoms with Crippen molar-refractivity contribution in [3.05, 3.63) is 66.8 Å². The van der Waals surface area contributed by atoms with Crippen LogP contribution in [0.4, 0.5) is 5.82 Å². The van der Waals surface area contributed by atoms with Crippen molar-refractivity contribution in [1.29, 1.82) is 0 Å². The third kappa shape index (κ3) is 5.14. The molecule has 0 bridgehead atoms. The van der Waals surface area contributed by atoms with E-state index in [0.29, 0.717) is 41.9 Å². The number of rotatable bonds is 5. The van der Waals surface area contributed by atoms with Crippen molar-refractivity contribution in [2.75, 3.05) is 25.9 Å². The first kappa shape index (κ1) is 25.8. The summed E-state index contributed by atoms with van der Waals surface area (Å²) in [5.74, 6) is 8.91. The molecular formula is C30H30N6O3. The van der Waals surface area contributed by atoms with Crippen LogP contribution in [0.25, 0.3) is 22.2 Å². The van der Waals surface area contributed by atoms with E-state index in [1.165, 1.54) is 12.4 Å². The number of nitrogens with zero attached hydrogens (tertiary/aromatic N) is 5. The first-order chi connectivity index (χ1) is 18.9. The molecule has 39 heavy (non-hydrogen) atoms. The van der Waals surface area contributed by atoms with Gasteiger partial charge in [-0.05, 0) is 55.5 Å². The molecule has 0 saturated carbocycles. The van der Waals surface area contributed by atoms with Gasteiger partial charge in [0.25, 0.3) is 0 Å². The zero-order valence-electron chi connectivity index (χ0n) is 22.3. The number of ether oxygens (including phenoxy) is 2. The molecule has 0 radical (unpaired) electrons. The molecule has 3 aromatic heterocycles. The van der Waals surface area contributed by atoms with Crippen LogP contribution in [0, 0.1) is 24.7 Å². The highest BCUT2D eigenvalue weighted by molar-refractivity contribution is 6.03. The summed E-state index contributed by atoms with van der Waals surface area (Å²) in [6, 6.07) is 11.3. The number of nitrogen functional groups attached to an aromatic ring is 1. The van der Waals surface area contributed by atoms with Gasteiger partial charge in [-0.3, -0.25) is 4.79 Å². The highest BCUT2D eigenvalue weighted by atomic mass is 16.5. The zero-order chi connectivity index (χ0) is 27.5. The highest BCUT2D eigenvalue weighted by Gasteiger charge is 2.23. The van der Waals surface area contributed by atoms with Crippen LogP contribution in [0.1, 0.15) is 24.2 Å².